The van der Waals surface area contributed by atoms with Crippen molar-refractivity contribution in [1.29, 1.82) is 0 Å². The summed E-state index contributed by atoms with van der Waals surface area (Å²) in [5, 5.41) is 2.98. The van der Waals surface area contributed by atoms with Crippen LogP contribution in [0.2, 0.25) is 0 Å². The van der Waals surface area contributed by atoms with Gasteiger partial charge in [-0.15, -0.1) is 0 Å². The molecule has 0 aliphatic heterocycles. The average molecular weight is 187 g/mol. The van der Waals surface area contributed by atoms with Gasteiger partial charge in [0.1, 0.15) is 0 Å². The summed E-state index contributed by atoms with van der Waals surface area (Å²) in [5.41, 5.74) is 0. The van der Waals surface area contributed by atoms with E-state index in [4.69, 9.17) is 4.74 Å². The second-order valence-electron chi connectivity index (χ2n) is 3.55. The first-order chi connectivity index (χ1) is 6.11. The van der Waals surface area contributed by atoms with Crippen LogP contribution in [0.3, 0.4) is 0 Å². The number of ether oxygens (including phenoxy) is 1. The minimum Gasteiger partial charge on any atom is -0.385 e. The second kappa shape index (κ2) is 6.89. The van der Waals surface area contributed by atoms with Gasteiger partial charge in [0.15, 0.2) is 0 Å². The number of nitrogens with one attached hydrogen (secondary N) is 1. The van der Waals surface area contributed by atoms with E-state index in [0.717, 1.165) is 6.42 Å². The van der Waals surface area contributed by atoms with Gasteiger partial charge in [-0.25, -0.2) is 0 Å². The molecule has 0 aliphatic rings. The predicted molar refractivity (Wildman–Crippen MR) is 53.6 cm³/mol. The lowest BCUT2D eigenvalue weighted by molar-refractivity contribution is -0.121. The summed E-state index contributed by atoms with van der Waals surface area (Å²) in [6, 6.07) is 0.243. The van der Waals surface area contributed by atoms with Crippen molar-refractivity contribution < 1.29 is 9.53 Å². The van der Waals surface area contributed by atoms with Crippen molar-refractivity contribution in [2.75, 3.05) is 13.7 Å². The lowest BCUT2D eigenvalue weighted by Crippen LogP contribution is -2.38. The highest BCUT2D eigenvalue weighted by Gasteiger charge is 2.14. The molecule has 0 fully saturated rings. The van der Waals surface area contributed by atoms with Gasteiger partial charge in [-0.05, 0) is 12.3 Å². The van der Waals surface area contributed by atoms with E-state index in [9.17, 15) is 4.79 Å². The van der Waals surface area contributed by atoms with Gasteiger partial charge in [-0.2, -0.15) is 0 Å². The van der Waals surface area contributed by atoms with Crippen LogP contribution in [0.5, 0.6) is 0 Å². The van der Waals surface area contributed by atoms with E-state index < -0.39 is 0 Å². The van der Waals surface area contributed by atoms with Crippen LogP contribution in [0.25, 0.3) is 0 Å². The van der Waals surface area contributed by atoms with Crippen molar-refractivity contribution in [3.8, 4) is 0 Å². The predicted octanol–water partition coefficient (Wildman–Crippen LogP) is 1.57. The maximum Gasteiger partial charge on any atom is 0.219 e. The molecule has 1 N–H and O–H groups in total. The molecule has 3 nitrogen and oxygen atoms in total. The lowest BCUT2D eigenvalue weighted by Gasteiger charge is -2.21. The molecule has 78 valence electrons. The highest BCUT2D eigenvalue weighted by Crippen LogP contribution is 2.06. The number of hydrogen-bond donors (Lipinski definition) is 1. The SMILES string of the molecule is CCC(=O)N[C@@H](CCOC)C(C)C. The summed E-state index contributed by atoms with van der Waals surface area (Å²) in [7, 11) is 1.68. The Labute approximate surface area is 80.8 Å². The number of rotatable bonds is 6. The molecule has 0 aromatic carbocycles. The van der Waals surface area contributed by atoms with E-state index in [1.165, 1.54) is 0 Å². The summed E-state index contributed by atoms with van der Waals surface area (Å²) in [5.74, 6) is 0.584. The van der Waals surface area contributed by atoms with Crippen LogP contribution in [0, 0.1) is 5.92 Å². The van der Waals surface area contributed by atoms with Crippen LogP contribution in [0.15, 0.2) is 0 Å². The Hall–Kier alpha value is -0.570. The van der Waals surface area contributed by atoms with Gasteiger partial charge in [0.25, 0.3) is 0 Å². The van der Waals surface area contributed by atoms with Gasteiger partial charge in [0.05, 0.1) is 0 Å². The molecule has 0 unspecified atom stereocenters. The van der Waals surface area contributed by atoms with E-state index in [1.807, 2.05) is 6.92 Å². The monoisotopic (exact) mass is 187 g/mol. The molecule has 3 heteroatoms. The fraction of sp³-hybridized carbons (Fsp3) is 0.900. The standard InChI is InChI=1S/C10H21NO2/c1-5-10(12)11-9(8(2)3)6-7-13-4/h8-9H,5-7H2,1-4H3,(H,11,12)/t9-/m0/s1. The first-order valence-electron chi connectivity index (χ1n) is 4.90. The Kier molecular flexibility index (Phi) is 6.59. The summed E-state index contributed by atoms with van der Waals surface area (Å²) in [4.78, 5) is 11.1. The molecular formula is C10H21NO2. The quantitative estimate of drug-likeness (QED) is 0.685. The van der Waals surface area contributed by atoms with Crippen LogP contribution in [0.1, 0.15) is 33.6 Å². The third kappa shape index (κ3) is 5.64. The topological polar surface area (TPSA) is 38.3 Å². The van der Waals surface area contributed by atoms with E-state index in [-0.39, 0.29) is 11.9 Å². The Morgan fingerprint density at radius 3 is 2.46 bits per heavy atom. The number of amides is 1. The number of hydrogen-bond acceptors (Lipinski definition) is 2. The van der Waals surface area contributed by atoms with E-state index in [2.05, 4.69) is 19.2 Å². The first-order valence-corrected chi connectivity index (χ1v) is 4.90. The third-order valence-corrected chi connectivity index (χ3v) is 2.11. The highest BCUT2D eigenvalue weighted by molar-refractivity contribution is 5.75. The molecule has 0 rings (SSSR count). The van der Waals surface area contributed by atoms with Crippen molar-refractivity contribution in [2.24, 2.45) is 5.92 Å². The van der Waals surface area contributed by atoms with Crippen molar-refractivity contribution in [1.82, 2.24) is 5.32 Å². The molecule has 1 amide bonds. The minimum absolute atomic E-state index is 0.120. The molecule has 0 heterocycles. The van der Waals surface area contributed by atoms with Crippen molar-refractivity contribution in [3.05, 3.63) is 0 Å². The zero-order valence-electron chi connectivity index (χ0n) is 9.09. The Morgan fingerprint density at radius 1 is 1.46 bits per heavy atom. The molecule has 0 spiro atoms. The zero-order chi connectivity index (χ0) is 10.3. The Balaban J connectivity index is 3.87. The lowest BCUT2D eigenvalue weighted by atomic mass is 10.0. The number of carbonyl (C=O) groups is 1. The maximum absolute atomic E-state index is 11.1. The van der Waals surface area contributed by atoms with Crippen LogP contribution < -0.4 is 5.32 Å². The molecule has 0 bridgehead atoms. The molecule has 0 aliphatic carbocycles. The molecule has 1 atom stereocenters. The third-order valence-electron chi connectivity index (χ3n) is 2.11. The van der Waals surface area contributed by atoms with Gasteiger partial charge >= 0.3 is 0 Å². The first kappa shape index (κ1) is 12.4. The van der Waals surface area contributed by atoms with Crippen LogP contribution >= 0.6 is 0 Å². The smallest absolute Gasteiger partial charge is 0.219 e. The molecule has 0 aromatic heterocycles. The second-order valence-corrected chi connectivity index (χ2v) is 3.55. The van der Waals surface area contributed by atoms with Crippen LogP contribution in [-0.2, 0) is 9.53 Å². The summed E-state index contributed by atoms with van der Waals surface area (Å²) >= 11 is 0. The molecule has 0 saturated heterocycles. The molecule has 0 aromatic rings. The fourth-order valence-corrected chi connectivity index (χ4v) is 1.13. The van der Waals surface area contributed by atoms with Crippen LogP contribution in [-0.4, -0.2) is 25.7 Å². The number of methoxy groups -OCH3 is 1. The van der Waals surface area contributed by atoms with Crippen LogP contribution in [0.4, 0.5) is 0 Å². The molecule has 0 radical (unpaired) electrons. The van der Waals surface area contributed by atoms with Gasteiger partial charge in [-0.3, -0.25) is 4.79 Å². The molecular weight excluding hydrogens is 166 g/mol. The number of carbonyl (C=O) groups excluding carboxylic acids is 1. The van der Waals surface area contributed by atoms with E-state index in [1.54, 1.807) is 7.11 Å². The van der Waals surface area contributed by atoms with Crippen molar-refractivity contribution >= 4 is 5.91 Å². The fourth-order valence-electron chi connectivity index (χ4n) is 1.13. The maximum atomic E-state index is 11.1. The summed E-state index contributed by atoms with van der Waals surface area (Å²) in [6.45, 7) is 6.78. The molecule has 0 saturated carbocycles. The minimum atomic E-state index is 0.120. The van der Waals surface area contributed by atoms with Gasteiger partial charge in [0.2, 0.25) is 5.91 Å². The van der Waals surface area contributed by atoms with Gasteiger partial charge in [0, 0.05) is 26.2 Å². The van der Waals surface area contributed by atoms with Gasteiger partial charge < -0.3 is 10.1 Å². The van der Waals surface area contributed by atoms with Gasteiger partial charge in [-0.1, -0.05) is 20.8 Å². The Bertz CT molecular complexity index is 146. The highest BCUT2D eigenvalue weighted by atomic mass is 16.5. The zero-order valence-corrected chi connectivity index (χ0v) is 9.09. The van der Waals surface area contributed by atoms with E-state index in [0.29, 0.717) is 18.9 Å². The Morgan fingerprint density at radius 2 is 2.08 bits per heavy atom. The average Bonchev–Trinajstić information content (AvgIpc) is 2.11. The van der Waals surface area contributed by atoms with Crippen molar-refractivity contribution in [3.63, 3.8) is 0 Å². The largest absolute Gasteiger partial charge is 0.385 e. The van der Waals surface area contributed by atoms with E-state index >= 15 is 0 Å². The summed E-state index contributed by atoms with van der Waals surface area (Å²) in [6.07, 6.45) is 1.44. The molecule has 13 heavy (non-hydrogen) atoms. The summed E-state index contributed by atoms with van der Waals surface area (Å²) < 4.78 is 4.99. The normalized spacial score (nSPS) is 13.0. The van der Waals surface area contributed by atoms with Crippen molar-refractivity contribution in [2.45, 2.75) is 39.7 Å².